The molecular weight excluding hydrogens is 404 g/mol. The van der Waals surface area contributed by atoms with E-state index in [1.165, 1.54) is 6.42 Å². The van der Waals surface area contributed by atoms with Crippen LogP contribution in [0.4, 0.5) is 5.95 Å². The van der Waals surface area contributed by atoms with Gasteiger partial charge >= 0.3 is 0 Å². The molecule has 32 heavy (non-hydrogen) atoms. The Morgan fingerprint density at radius 3 is 2.62 bits per heavy atom. The molecule has 3 fully saturated rings. The fourth-order valence-electron chi connectivity index (χ4n) is 5.36. The minimum absolute atomic E-state index is 0.0703. The summed E-state index contributed by atoms with van der Waals surface area (Å²) < 4.78 is 0. The van der Waals surface area contributed by atoms with Crippen molar-refractivity contribution in [2.75, 3.05) is 31.1 Å². The Morgan fingerprint density at radius 2 is 1.81 bits per heavy atom. The maximum absolute atomic E-state index is 13.2. The van der Waals surface area contributed by atoms with E-state index in [0.717, 1.165) is 55.8 Å². The quantitative estimate of drug-likeness (QED) is 0.763. The van der Waals surface area contributed by atoms with Gasteiger partial charge in [0.05, 0.1) is 0 Å². The number of piperazine rings is 1. The first-order valence-corrected chi connectivity index (χ1v) is 11.6. The molecule has 0 spiro atoms. The maximum Gasteiger partial charge on any atom is 0.253 e. The first-order valence-electron chi connectivity index (χ1n) is 11.6. The van der Waals surface area contributed by atoms with Crippen molar-refractivity contribution in [2.45, 2.75) is 38.1 Å². The van der Waals surface area contributed by atoms with Crippen molar-refractivity contribution in [1.29, 1.82) is 0 Å². The molecule has 5 rings (SSSR count). The van der Waals surface area contributed by atoms with Gasteiger partial charge in [-0.3, -0.25) is 15.0 Å². The predicted octanol–water partition coefficient (Wildman–Crippen LogP) is 1.79. The summed E-state index contributed by atoms with van der Waals surface area (Å²) >= 11 is 0. The third-order valence-corrected chi connectivity index (χ3v) is 7.09. The summed E-state index contributed by atoms with van der Waals surface area (Å²) in [5.74, 6) is 1.40. The molecule has 2 N–H and O–H groups in total. The molecule has 0 bridgehead atoms. The van der Waals surface area contributed by atoms with Crippen LogP contribution in [0.2, 0.25) is 0 Å². The Labute approximate surface area is 188 Å². The van der Waals surface area contributed by atoms with Crippen LogP contribution >= 0.6 is 0 Å². The van der Waals surface area contributed by atoms with Gasteiger partial charge in [-0.05, 0) is 48.9 Å². The highest BCUT2D eigenvalue weighted by Gasteiger charge is 2.39. The number of hydrazine groups is 1. The van der Waals surface area contributed by atoms with Crippen molar-refractivity contribution < 1.29 is 9.59 Å². The monoisotopic (exact) mass is 434 g/mol. The van der Waals surface area contributed by atoms with E-state index in [2.05, 4.69) is 31.8 Å². The fraction of sp³-hybridized carbons (Fsp3) is 0.500. The lowest BCUT2D eigenvalue weighted by Crippen LogP contribution is -2.60. The molecule has 2 aliphatic heterocycles. The van der Waals surface area contributed by atoms with Gasteiger partial charge in [0.1, 0.15) is 0 Å². The molecule has 1 saturated carbocycles. The van der Waals surface area contributed by atoms with E-state index < -0.39 is 0 Å². The first-order chi connectivity index (χ1) is 15.7. The highest BCUT2D eigenvalue weighted by molar-refractivity contribution is 5.94. The summed E-state index contributed by atoms with van der Waals surface area (Å²) in [7, 11) is 0. The Kier molecular flexibility index (Phi) is 6.03. The van der Waals surface area contributed by atoms with Crippen LogP contribution in [0, 0.1) is 11.8 Å². The molecule has 8 nitrogen and oxygen atoms in total. The molecule has 1 aromatic heterocycles. The van der Waals surface area contributed by atoms with E-state index in [4.69, 9.17) is 0 Å². The summed E-state index contributed by atoms with van der Waals surface area (Å²) in [6, 6.07) is 9.98. The zero-order chi connectivity index (χ0) is 21.9. The number of nitrogens with zero attached hydrogens (tertiary/aromatic N) is 4. The topological polar surface area (TPSA) is 90.5 Å². The van der Waals surface area contributed by atoms with Gasteiger partial charge in [0, 0.05) is 56.1 Å². The summed E-state index contributed by atoms with van der Waals surface area (Å²) in [5, 5.41) is 0. The number of anilines is 1. The van der Waals surface area contributed by atoms with Crippen LogP contribution in [0.25, 0.3) is 0 Å². The average Bonchev–Trinajstić information content (AvgIpc) is 2.86. The van der Waals surface area contributed by atoms with Crippen LogP contribution in [0.5, 0.6) is 0 Å². The third-order valence-electron chi connectivity index (χ3n) is 7.09. The van der Waals surface area contributed by atoms with Gasteiger partial charge in [0.2, 0.25) is 11.9 Å². The van der Waals surface area contributed by atoms with Gasteiger partial charge in [-0.25, -0.2) is 15.4 Å². The first kappa shape index (κ1) is 20.9. The molecule has 1 aromatic carbocycles. The number of amides is 2. The lowest BCUT2D eigenvalue weighted by molar-refractivity contribution is -0.133. The minimum atomic E-state index is 0.0703. The number of hydrogen-bond acceptors (Lipinski definition) is 6. The third kappa shape index (κ3) is 4.32. The normalized spacial score (nSPS) is 25.8. The molecule has 3 heterocycles. The smallest absolute Gasteiger partial charge is 0.253 e. The SMILES string of the molecule is O=C1NNC(Cc2cccc(C(=O)N3CCN(c4ncccn4)CC3)c2)C2CCCCC12. The Morgan fingerprint density at radius 1 is 1.03 bits per heavy atom. The molecule has 3 aliphatic rings. The molecule has 2 amide bonds. The number of hydrogen-bond donors (Lipinski definition) is 2. The van der Waals surface area contributed by atoms with Gasteiger partial charge in [-0.2, -0.15) is 0 Å². The highest BCUT2D eigenvalue weighted by atomic mass is 16.2. The lowest BCUT2D eigenvalue weighted by Gasteiger charge is -2.41. The number of carbonyl (C=O) groups is 2. The minimum Gasteiger partial charge on any atom is -0.337 e. The number of nitrogens with one attached hydrogen (secondary N) is 2. The molecular formula is C24H30N6O2. The van der Waals surface area contributed by atoms with Crippen molar-refractivity contribution >= 4 is 17.8 Å². The predicted molar refractivity (Wildman–Crippen MR) is 121 cm³/mol. The van der Waals surface area contributed by atoms with Gasteiger partial charge in [-0.1, -0.05) is 25.0 Å². The number of carbonyl (C=O) groups excluding carboxylic acids is 2. The molecule has 2 saturated heterocycles. The van der Waals surface area contributed by atoms with Crippen molar-refractivity contribution in [1.82, 2.24) is 25.7 Å². The van der Waals surface area contributed by atoms with Crippen LogP contribution in [-0.4, -0.2) is 58.9 Å². The van der Waals surface area contributed by atoms with Crippen molar-refractivity contribution in [2.24, 2.45) is 11.8 Å². The van der Waals surface area contributed by atoms with Crippen LogP contribution < -0.4 is 15.8 Å². The number of fused-ring (bicyclic) bond motifs is 1. The molecule has 3 atom stereocenters. The molecule has 168 valence electrons. The number of aromatic nitrogens is 2. The van der Waals surface area contributed by atoms with Crippen molar-refractivity contribution in [3.05, 3.63) is 53.9 Å². The molecule has 0 radical (unpaired) electrons. The summed E-state index contributed by atoms with van der Waals surface area (Å²) in [6.45, 7) is 2.76. The molecule has 1 aliphatic carbocycles. The zero-order valence-electron chi connectivity index (χ0n) is 18.2. The standard InChI is InChI=1S/C24H30N6O2/c31-22-20-8-2-1-7-19(20)21(27-28-22)16-17-5-3-6-18(15-17)23(32)29-11-13-30(14-12-29)24-25-9-4-10-26-24/h3-6,9-10,15,19-21,27H,1-2,7-8,11-14,16H2,(H,28,31). The van der Waals surface area contributed by atoms with Gasteiger partial charge < -0.3 is 9.80 Å². The number of rotatable bonds is 4. The van der Waals surface area contributed by atoms with E-state index in [1.807, 2.05) is 23.1 Å². The molecule has 8 heteroatoms. The zero-order valence-corrected chi connectivity index (χ0v) is 18.2. The second-order valence-electron chi connectivity index (χ2n) is 9.03. The van der Waals surface area contributed by atoms with Crippen molar-refractivity contribution in [3.63, 3.8) is 0 Å². The summed E-state index contributed by atoms with van der Waals surface area (Å²) in [6.07, 6.45) is 8.68. The van der Waals surface area contributed by atoms with Gasteiger partial charge in [0.25, 0.3) is 5.91 Å². The Hall–Kier alpha value is -3.00. The van der Waals surface area contributed by atoms with Gasteiger partial charge in [0.15, 0.2) is 0 Å². The van der Waals surface area contributed by atoms with E-state index in [9.17, 15) is 9.59 Å². The largest absolute Gasteiger partial charge is 0.337 e. The highest BCUT2D eigenvalue weighted by Crippen LogP contribution is 2.35. The number of benzene rings is 1. The van der Waals surface area contributed by atoms with Gasteiger partial charge in [-0.15, -0.1) is 0 Å². The van der Waals surface area contributed by atoms with E-state index >= 15 is 0 Å². The molecule has 3 unspecified atom stereocenters. The van der Waals surface area contributed by atoms with Crippen LogP contribution in [-0.2, 0) is 11.2 Å². The fourth-order valence-corrected chi connectivity index (χ4v) is 5.36. The Balaban J connectivity index is 1.22. The van der Waals surface area contributed by atoms with Crippen LogP contribution in [0.3, 0.4) is 0 Å². The summed E-state index contributed by atoms with van der Waals surface area (Å²) in [4.78, 5) is 38.0. The summed E-state index contributed by atoms with van der Waals surface area (Å²) in [5.41, 5.74) is 7.97. The second-order valence-corrected chi connectivity index (χ2v) is 9.03. The van der Waals surface area contributed by atoms with Crippen LogP contribution in [0.15, 0.2) is 42.7 Å². The second kappa shape index (κ2) is 9.24. The van der Waals surface area contributed by atoms with Crippen molar-refractivity contribution in [3.8, 4) is 0 Å². The lowest BCUT2D eigenvalue weighted by atomic mass is 9.72. The van der Waals surface area contributed by atoms with E-state index in [0.29, 0.717) is 19.0 Å². The molecule has 2 aromatic rings. The average molecular weight is 435 g/mol. The van der Waals surface area contributed by atoms with Crippen LogP contribution in [0.1, 0.15) is 41.6 Å². The Bertz CT molecular complexity index is 960. The van der Waals surface area contributed by atoms with E-state index in [1.54, 1.807) is 18.5 Å². The van der Waals surface area contributed by atoms with E-state index in [-0.39, 0.29) is 23.8 Å². The maximum atomic E-state index is 13.2.